The van der Waals surface area contributed by atoms with Gasteiger partial charge in [-0.15, -0.1) is 0 Å². The molecule has 0 saturated heterocycles. The van der Waals surface area contributed by atoms with E-state index < -0.39 is 12.0 Å². The van der Waals surface area contributed by atoms with Crippen LogP contribution in [0.25, 0.3) is 0 Å². The summed E-state index contributed by atoms with van der Waals surface area (Å²) in [5, 5.41) is 13.2. The molecule has 2 N–H and O–H groups in total. The lowest BCUT2D eigenvalue weighted by molar-refractivity contribution is -0.129. The van der Waals surface area contributed by atoms with Crippen LogP contribution in [0.15, 0.2) is 42.6 Å². The normalized spacial score (nSPS) is 11.2. The lowest BCUT2D eigenvalue weighted by Gasteiger charge is -2.11. The van der Waals surface area contributed by atoms with E-state index in [2.05, 4.69) is 22.1 Å². The van der Waals surface area contributed by atoms with E-state index in [1.54, 1.807) is 18.3 Å². The van der Waals surface area contributed by atoms with E-state index in [0.29, 0.717) is 21.3 Å². The highest BCUT2D eigenvalue weighted by molar-refractivity contribution is 6.34. The Morgan fingerprint density at radius 1 is 1.27 bits per heavy atom. The van der Waals surface area contributed by atoms with E-state index >= 15 is 0 Å². The van der Waals surface area contributed by atoms with Crippen molar-refractivity contribution in [3.63, 3.8) is 0 Å². The number of nitrogens with one attached hydrogen (secondary N) is 1. The average Bonchev–Trinajstić information content (AvgIpc) is 2.50. The molecule has 0 saturated carbocycles. The summed E-state index contributed by atoms with van der Waals surface area (Å²) in [5.41, 5.74) is 0.937. The Labute approximate surface area is 138 Å². The maximum atomic E-state index is 11.8. The van der Waals surface area contributed by atoms with Crippen molar-refractivity contribution in [2.24, 2.45) is 0 Å². The summed E-state index contributed by atoms with van der Waals surface area (Å²) in [7, 11) is 0. The van der Waals surface area contributed by atoms with Gasteiger partial charge in [0.05, 0.1) is 6.54 Å². The molecule has 0 radical (unpaired) electrons. The van der Waals surface area contributed by atoms with E-state index in [4.69, 9.17) is 23.2 Å². The highest BCUT2D eigenvalue weighted by Gasteiger charge is 2.17. The van der Waals surface area contributed by atoms with Crippen LogP contribution in [0.3, 0.4) is 0 Å². The van der Waals surface area contributed by atoms with Gasteiger partial charge in [-0.2, -0.15) is 0 Å². The number of nitrogens with zero attached hydrogens (tertiary/aromatic N) is 1. The minimum absolute atomic E-state index is 0.0980. The quantitative estimate of drug-likeness (QED) is 0.848. The third-order valence-electron chi connectivity index (χ3n) is 2.68. The monoisotopic (exact) mass is 334 g/mol. The number of aromatic nitrogens is 1. The second-order valence-electron chi connectivity index (χ2n) is 4.34. The fourth-order valence-electron chi connectivity index (χ4n) is 1.68. The van der Waals surface area contributed by atoms with E-state index in [9.17, 15) is 9.90 Å². The van der Waals surface area contributed by atoms with Crippen molar-refractivity contribution in [2.75, 3.05) is 6.54 Å². The standard InChI is InChI=1S/C16H12Cl2N2O2/c17-12-8-11(9-13(18)10-12)15(21)16(22)20-7-3-5-14-4-1-2-6-19-14/h1-2,4,6,8-10,15,21H,7H2,(H,20,22). The molecule has 1 atom stereocenters. The molecular weight excluding hydrogens is 323 g/mol. The second-order valence-corrected chi connectivity index (χ2v) is 5.21. The van der Waals surface area contributed by atoms with Crippen molar-refractivity contribution in [3.05, 3.63) is 63.9 Å². The highest BCUT2D eigenvalue weighted by atomic mass is 35.5. The number of aliphatic hydroxyl groups is 1. The first-order valence-electron chi connectivity index (χ1n) is 6.38. The van der Waals surface area contributed by atoms with Crippen LogP contribution in [0, 0.1) is 11.8 Å². The highest BCUT2D eigenvalue weighted by Crippen LogP contribution is 2.23. The third-order valence-corrected chi connectivity index (χ3v) is 3.12. The van der Waals surface area contributed by atoms with Gasteiger partial charge in [0, 0.05) is 16.2 Å². The molecule has 112 valence electrons. The zero-order valence-corrected chi connectivity index (χ0v) is 12.9. The van der Waals surface area contributed by atoms with Crippen LogP contribution >= 0.6 is 23.2 Å². The van der Waals surface area contributed by atoms with Crippen molar-refractivity contribution >= 4 is 29.1 Å². The van der Waals surface area contributed by atoms with E-state index in [1.807, 2.05) is 6.07 Å². The van der Waals surface area contributed by atoms with Crippen LogP contribution in [-0.4, -0.2) is 22.5 Å². The largest absolute Gasteiger partial charge is 0.378 e. The summed E-state index contributed by atoms with van der Waals surface area (Å²) in [6.07, 6.45) is 0.280. The fraction of sp³-hybridized carbons (Fsp3) is 0.125. The van der Waals surface area contributed by atoms with E-state index in [1.165, 1.54) is 18.2 Å². The van der Waals surface area contributed by atoms with Crippen molar-refractivity contribution in [1.82, 2.24) is 10.3 Å². The molecule has 1 unspecified atom stereocenters. The predicted molar refractivity (Wildman–Crippen MR) is 85.5 cm³/mol. The number of aliphatic hydroxyl groups excluding tert-OH is 1. The molecule has 2 aromatic rings. The fourth-order valence-corrected chi connectivity index (χ4v) is 2.23. The van der Waals surface area contributed by atoms with Gasteiger partial charge >= 0.3 is 0 Å². The van der Waals surface area contributed by atoms with E-state index in [0.717, 1.165) is 0 Å². The average molecular weight is 335 g/mol. The molecule has 0 aliphatic heterocycles. The maximum Gasteiger partial charge on any atom is 0.254 e. The van der Waals surface area contributed by atoms with Crippen LogP contribution in [0.1, 0.15) is 17.4 Å². The number of rotatable bonds is 3. The maximum absolute atomic E-state index is 11.8. The van der Waals surface area contributed by atoms with Crippen molar-refractivity contribution in [3.8, 4) is 11.8 Å². The van der Waals surface area contributed by atoms with Gasteiger partial charge in [-0.1, -0.05) is 35.2 Å². The lowest BCUT2D eigenvalue weighted by atomic mass is 10.1. The third kappa shape index (κ3) is 4.74. The van der Waals surface area contributed by atoms with Crippen LogP contribution in [-0.2, 0) is 4.79 Å². The Balaban J connectivity index is 1.93. The number of pyridine rings is 1. The molecular formula is C16H12Cl2N2O2. The smallest absolute Gasteiger partial charge is 0.254 e. The molecule has 1 aromatic carbocycles. The van der Waals surface area contributed by atoms with Gasteiger partial charge in [0.15, 0.2) is 6.10 Å². The first-order valence-corrected chi connectivity index (χ1v) is 7.13. The van der Waals surface area contributed by atoms with E-state index in [-0.39, 0.29) is 6.54 Å². The minimum atomic E-state index is -1.35. The van der Waals surface area contributed by atoms with Gasteiger partial charge in [0.2, 0.25) is 0 Å². The number of hydrogen-bond acceptors (Lipinski definition) is 3. The second kappa shape index (κ2) is 7.81. The van der Waals surface area contributed by atoms with Gasteiger partial charge in [0.25, 0.3) is 5.91 Å². The number of amides is 1. The number of carbonyl (C=O) groups excluding carboxylic acids is 1. The summed E-state index contributed by atoms with van der Waals surface area (Å²) in [5.74, 6) is 4.98. The molecule has 0 spiro atoms. The van der Waals surface area contributed by atoms with Crippen LogP contribution in [0.4, 0.5) is 0 Å². The zero-order valence-electron chi connectivity index (χ0n) is 11.4. The molecule has 6 heteroatoms. The molecule has 2 rings (SSSR count). The minimum Gasteiger partial charge on any atom is -0.378 e. The molecule has 0 fully saturated rings. The van der Waals surface area contributed by atoms with Gasteiger partial charge < -0.3 is 10.4 Å². The van der Waals surface area contributed by atoms with Gasteiger partial charge in [-0.05, 0) is 41.8 Å². The predicted octanol–water partition coefficient (Wildman–Crippen LogP) is 2.59. The molecule has 0 aliphatic carbocycles. The van der Waals surface area contributed by atoms with Crippen LogP contribution in [0.2, 0.25) is 10.0 Å². The summed E-state index contributed by atoms with van der Waals surface area (Å²) in [4.78, 5) is 15.9. The Kier molecular flexibility index (Phi) is 5.79. The number of halogens is 2. The van der Waals surface area contributed by atoms with Crippen LogP contribution in [0.5, 0.6) is 0 Å². The SMILES string of the molecule is O=C(NCC#Cc1ccccn1)C(O)c1cc(Cl)cc(Cl)c1. The van der Waals surface area contributed by atoms with Crippen molar-refractivity contribution < 1.29 is 9.90 Å². The topological polar surface area (TPSA) is 62.2 Å². The Morgan fingerprint density at radius 3 is 2.64 bits per heavy atom. The van der Waals surface area contributed by atoms with Gasteiger partial charge in [-0.25, -0.2) is 4.98 Å². The number of carbonyl (C=O) groups is 1. The summed E-state index contributed by atoms with van der Waals surface area (Å²) in [6.45, 7) is 0.0980. The molecule has 1 aromatic heterocycles. The molecule has 0 bridgehead atoms. The Morgan fingerprint density at radius 2 is 2.00 bits per heavy atom. The lowest BCUT2D eigenvalue weighted by Crippen LogP contribution is -2.29. The molecule has 4 nitrogen and oxygen atoms in total. The Hall–Kier alpha value is -2.06. The number of benzene rings is 1. The first kappa shape index (κ1) is 16.3. The summed E-state index contributed by atoms with van der Waals surface area (Å²) >= 11 is 11.7. The summed E-state index contributed by atoms with van der Waals surface area (Å²) in [6, 6.07) is 9.86. The number of hydrogen-bond donors (Lipinski definition) is 2. The van der Waals surface area contributed by atoms with Crippen molar-refractivity contribution in [2.45, 2.75) is 6.10 Å². The Bertz CT molecular complexity index is 704. The molecule has 1 amide bonds. The van der Waals surface area contributed by atoms with Gasteiger partial charge in [-0.3, -0.25) is 4.79 Å². The van der Waals surface area contributed by atoms with Crippen LogP contribution < -0.4 is 5.32 Å². The van der Waals surface area contributed by atoms with Gasteiger partial charge in [0.1, 0.15) is 5.69 Å². The van der Waals surface area contributed by atoms with Crippen molar-refractivity contribution in [1.29, 1.82) is 0 Å². The zero-order chi connectivity index (χ0) is 15.9. The summed E-state index contributed by atoms with van der Waals surface area (Å²) < 4.78 is 0. The molecule has 22 heavy (non-hydrogen) atoms. The first-order chi connectivity index (χ1) is 10.6. The molecule has 1 heterocycles. The molecule has 0 aliphatic rings.